The predicted molar refractivity (Wildman–Crippen MR) is 91.0 cm³/mol. The second kappa shape index (κ2) is 7.44. The van der Waals surface area contributed by atoms with Gasteiger partial charge < -0.3 is 9.64 Å². The highest BCUT2D eigenvalue weighted by atomic mass is 32.2. The fraction of sp³-hybridized carbons (Fsp3) is 0.294. The van der Waals surface area contributed by atoms with Crippen molar-refractivity contribution in [3.05, 3.63) is 48.5 Å². The number of fused-ring (bicyclic) bond motifs is 1. The minimum absolute atomic E-state index is 0.0887. The largest absolute Gasteiger partial charge is 0.451 e. The summed E-state index contributed by atoms with van der Waals surface area (Å²) < 4.78 is 5.09. The number of ether oxygens (including phenoxy) is 1. The van der Waals surface area contributed by atoms with Crippen molar-refractivity contribution in [2.45, 2.75) is 23.5 Å². The van der Waals surface area contributed by atoms with Crippen molar-refractivity contribution in [3.8, 4) is 0 Å². The number of thioether (sulfide) groups is 1. The molecule has 0 N–H and O–H groups in total. The third-order valence-corrected chi connectivity index (χ3v) is 4.88. The molecular formula is C17H17N3O3S. The molecule has 1 aromatic carbocycles. The van der Waals surface area contributed by atoms with E-state index in [2.05, 4.69) is 16.9 Å². The van der Waals surface area contributed by atoms with Gasteiger partial charge in [-0.3, -0.25) is 9.78 Å². The van der Waals surface area contributed by atoms with Crippen molar-refractivity contribution in [3.63, 3.8) is 0 Å². The van der Waals surface area contributed by atoms with E-state index in [1.807, 2.05) is 24.3 Å². The van der Waals surface area contributed by atoms with Crippen LogP contribution in [0.25, 0.3) is 0 Å². The van der Waals surface area contributed by atoms with E-state index in [0.29, 0.717) is 11.8 Å². The predicted octanol–water partition coefficient (Wildman–Crippen LogP) is 2.55. The maximum absolute atomic E-state index is 12.6. The number of aromatic nitrogens is 2. The molecule has 0 saturated heterocycles. The van der Waals surface area contributed by atoms with E-state index in [1.165, 1.54) is 18.6 Å². The number of carbonyl (C=O) groups is 2. The smallest absolute Gasteiger partial charge is 0.359 e. The van der Waals surface area contributed by atoms with Crippen LogP contribution >= 0.6 is 11.8 Å². The molecule has 0 aliphatic carbocycles. The van der Waals surface area contributed by atoms with Gasteiger partial charge in [-0.1, -0.05) is 19.1 Å². The number of para-hydroxylation sites is 1. The zero-order valence-electron chi connectivity index (χ0n) is 13.2. The van der Waals surface area contributed by atoms with Crippen molar-refractivity contribution in [2.24, 2.45) is 0 Å². The van der Waals surface area contributed by atoms with Crippen LogP contribution in [0.1, 0.15) is 23.8 Å². The van der Waals surface area contributed by atoms with Gasteiger partial charge in [0, 0.05) is 29.1 Å². The Morgan fingerprint density at radius 2 is 2.17 bits per heavy atom. The van der Waals surface area contributed by atoms with Crippen molar-refractivity contribution < 1.29 is 14.3 Å². The van der Waals surface area contributed by atoms with E-state index in [4.69, 9.17) is 4.74 Å². The zero-order chi connectivity index (χ0) is 16.9. The number of rotatable bonds is 3. The summed E-state index contributed by atoms with van der Waals surface area (Å²) in [6.07, 6.45) is 5.06. The van der Waals surface area contributed by atoms with Gasteiger partial charge in [-0.2, -0.15) is 0 Å². The van der Waals surface area contributed by atoms with Crippen LogP contribution in [0, 0.1) is 0 Å². The normalized spacial score (nSPS) is 16.9. The topological polar surface area (TPSA) is 72.4 Å². The number of hydrogen-bond acceptors (Lipinski definition) is 6. The Hall–Kier alpha value is -2.41. The van der Waals surface area contributed by atoms with Gasteiger partial charge in [0.1, 0.15) is 0 Å². The Morgan fingerprint density at radius 1 is 1.33 bits per heavy atom. The molecule has 1 atom stereocenters. The second-order valence-corrected chi connectivity index (χ2v) is 6.88. The molecule has 3 rings (SSSR count). The van der Waals surface area contributed by atoms with Gasteiger partial charge in [0.15, 0.2) is 12.3 Å². The lowest BCUT2D eigenvalue weighted by molar-refractivity contribution is -0.121. The Morgan fingerprint density at radius 3 is 2.96 bits per heavy atom. The average Bonchev–Trinajstić information content (AvgIpc) is 2.78. The van der Waals surface area contributed by atoms with E-state index in [1.54, 1.807) is 16.7 Å². The summed E-state index contributed by atoms with van der Waals surface area (Å²) in [6.45, 7) is 2.43. The standard InChI is InChI=1S/C17H17N3O3S/c1-12-6-9-20(14-4-2-3-5-15(14)24-12)16(21)11-23-17(22)13-10-18-7-8-19-13/h2-5,7-8,10,12H,6,9,11H2,1H3/t12-/m0/s1. The summed E-state index contributed by atoms with van der Waals surface area (Å²) in [4.78, 5) is 34.9. The fourth-order valence-electron chi connectivity index (χ4n) is 2.43. The first kappa shape index (κ1) is 16.4. The molecule has 1 aromatic heterocycles. The van der Waals surface area contributed by atoms with Crippen LogP contribution in [-0.4, -0.2) is 40.2 Å². The second-order valence-electron chi connectivity index (χ2n) is 5.40. The molecule has 1 aliphatic rings. The fourth-order valence-corrected chi connectivity index (χ4v) is 3.54. The summed E-state index contributed by atoms with van der Waals surface area (Å²) in [5, 5.41) is 0.422. The number of anilines is 1. The van der Waals surface area contributed by atoms with Crippen LogP contribution in [0.5, 0.6) is 0 Å². The minimum atomic E-state index is -0.651. The molecule has 0 fully saturated rings. The molecule has 0 unspecified atom stereocenters. The molecule has 0 spiro atoms. The van der Waals surface area contributed by atoms with Gasteiger partial charge in [0.05, 0.1) is 11.9 Å². The molecule has 2 heterocycles. The Labute approximate surface area is 144 Å². The van der Waals surface area contributed by atoms with Crippen LogP contribution < -0.4 is 4.90 Å². The highest BCUT2D eigenvalue weighted by Gasteiger charge is 2.25. The Balaban J connectivity index is 1.70. The van der Waals surface area contributed by atoms with Crippen molar-refractivity contribution in [2.75, 3.05) is 18.1 Å². The molecule has 0 saturated carbocycles. The van der Waals surface area contributed by atoms with Gasteiger partial charge in [-0.15, -0.1) is 11.8 Å². The maximum Gasteiger partial charge on any atom is 0.359 e. The highest BCUT2D eigenvalue weighted by Crippen LogP contribution is 2.37. The van der Waals surface area contributed by atoms with Crippen LogP contribution in [0.4, 0.5) is 5.69 Å². The van der Waals surface area contributed by atoms with E-state index in [9.17, 15) is 9.59 Å². The van der Waals surface area contributed by atoms with Gasteiger partial charge >= 0.3 is 5.97 Å². The number of hydrogen-bond donors (Lipinski definition) is 0. The minimum Gasteiger partial charge on any atom is -0.451 e. The molecule has 24 heavy (non-hydrogen) atoms. The number of carbonyl (C=O) groups excluding carboxylic acids is 2. The van der Waals surface area contributed by atoms with Crippen molar-refractivity contribution >= 4 is 29.3 Å². The summed E-state index contributed by atoms with van der Waals surface area (Å²) >= 11 is 1.76. The molecule has 6 nitrogen and oxygen atoms in total. The Bertz CT molecular complexity index is 739. The average molecular weight is 343 g/mol. The molecule has 124 valence electrons. The molecule has 7 heteroatoms. The first-order valence-electron chi connectivity index (χ1n) is 7.64. The maximum atomic E-state index is 12.6. The van der Waals surface area contributed by atoms with Crippen LogP contribution in [0.15, 0.2) is 47.8 Å². The molecule has 0 bridgehead atoms. The summed E-state index contributed by atoms with van der Waals surface area (Å²) in [7, 11) is 0. The summed E-state index contributed by atoms with van der Waals surface area (Å²) in [5.74, 6) is -0.892. The van der Waals surface area contributed by atoms with Crippen molar-refractivity contribution in [1.29, 1.82) is 0 Å². The van der Waals surface area contributed by atoms with Gasteiger partial charge in [0.2, 0.25) is 0 Å². The Kier molecular flexibility index (Phi) is 5.10. The summed E-state index contributed by atoms with van der Waals surface area (Å²) in [5.41, 5.74) is 0.957. The molecular weight excluding hydrogens is 326 g/mol. The lowest BCUT2D eigenvalue weighted by Gasteiger charge is -2.22. The number of nitrogens with zero attached hydrogens (tertiary/aromatic N) is 3. The van der Waals surface area contributed by atoms with Crippen LogP contribution in [0.2, 0.25) is 0 Å². The first-order chi connectivity index (χ1) is 11.6. The quantitative estimate of drug-likeness (QED) is 0.798. The highest BCUT2D eigenvalue weighted by molar-refractivity contribution is 8.00. The van der Waals surface area contributed by atoms with Gasteiger partial charge in [0.25, 0.3) is 5.91 Å². The zero-order valence-corrected chi connectivity index (χ0v) is 14.0. The SMILES string of the molecule is C[C@H]1CCN(C(=O)COC(=O)c2cnccn2)c2ccccc2S1. The molecule has 1 amide bonds. The van der Waals surface area contributed by atoms with E-state index in [0.717, 1.165) is 17.0 Å². The van der Waals surface area contributed by atoms with E-state index >= 15 is 0 Å². The van der Waals surface area contributed by atoms with Crippen molar-refractivity contribution in [1.82, 2.24) is 9.97 Å². The number of benzene rings is 1. The van der Waals surface area contributed by atoms with Crippen LogP contribution in [0.3, 0.4) is 0 Å². The molecule has 1 aliphatic heterocycles. The molecule has 0 radical (unpaired) electrons. The number of amides is 1. The monoisotopic (exact) mass is 343 g/mol. The lowest BCUT2D eigenvalue weighted by atomic mass is 10.2. The van der Waals surface area contributed by atoms with E-state index < -0.39 is 5.97 Å². The van der Waals surface area contributed by atoms with Gasteiger partial charge in [-0.05, 0) is 18.6 Å². The summed E-state index contributed by atoms with van der Waals surface area (Å²) in [6, 6.07) is 7.79. The third-order valence-electron chi connectivity index (χ3n) is 3.64. The van der Waals surface area contributed by atoms with E-state index in [-0.39, 0.29) is 18.2 Å². The third kappa shape index (κ3) is 3.73. The van der Waals surface area contributed by atoms with Crippen LogP contribution in [-0.2, 0) is 9.53 Å². The lowest BCUT2D eigenvalue weighted by Crippen LogP contribution is -2.35. The van der Waals surface area contributed by atoms with Gasteiger partial charge in [-0.25, -0.2) is 9.78 Å². The first-order valence-corrected chi connectivity index (χ1v) is 8.52. The number of esters is 1. The molecule has 2 aromatic rings.